The summed E-state index contributed by atoms with van der Waals surface area (Å²) in [5, 5.41) is 6.87. The molecule has 1 aliphatic carbocycles. The van der Waals surface area contributed by atoms with E-state index in [2.05, 4.69) is 15.2 Å². The van der Waals surface area contributed by atoms with Crippen molar-refractivity contribution in [2.45, 2.75) is 32.4 Å². The Morgan fingerprint density at radius 3 is 2.56 bits per heavy atom. The van der Waals surface area contributed by atoms with Gasteiger partial charge >= 0.3 is 17.6 Å². The molecule has 0 bridgehead atoms. The molecule has 1 saturated carbocycles. The van der Waals surface area contributed by atoms with E-state index >= 15 is 0 Å². The van der Waals surface area contributed by atoms with Crippen LogP contribution in [0.3, 0.4) is 0 Å². The molecule has 1 fully saturated rings. The zero-order valence-electron chi connectivity index (χ0n) is 15.3. The Labute approximate surface area is 155 Å². The van der Waals surface area contributed by atoms with E-state index in [1.165, 1.54) is 4.68 Å². The first-order valence-corrected chi connectivity index (χ1v) is 8.83. The topological polar surface area (TPSA) is 104 Å². The molecule has 2 aromatic rings. The quantitative estimate of drug-likeness (QED) is 0.566. The molecule has 1 aliphatic rings. The van der Waals surface area contributed by atoms with Gasteiger partial charge in [0.15, 0.2) is 5.82 Å². The number of nitrogens with one attached hydrogen (secondary N) is 1. The number of rotatable bonds is 7. The number of aromatic nitrogens is 3. The number of nitrogens with zero attached hydrogens (tertiary/aromatic N) is 3. The third-order valence-corrected chi connectivity index (χ3v) is 4.20. The lowest BCUT2D eigenvalue weighted by Gasteiger charge is -2.04. The van der Waals surface area contributed by atoms with Crippen molar-refractivity contribution < 1.29 is 19.1 Å². The first-order chi connectivity index (χ1) is 13.0. The van der Waals surface area contributed by atoms with E-state index in [0.29, 0.717) is 5.82 Å². The van der Waals surface area contributed by atoms with Gasteiger partial charge in [0.2, 0.25) is 0 Å². The number of methoxy groups -OCH3 is 1. The van der Waals surface area contributed by atoms with Crippen LogP contribution in [0.2, 0.25) is 0 Å². The zero-order valence-corrected chi connectivity index (χ0v) is 15.3. The van der Waals surface area contributed by atoms with Crippen LogP contribution >= 0.6 is 0 Å². The number of esters is 1. The van der Waals surface area contributed by atoms with Crippen molar-refractivity contribution in [3.8, 4) is 17.1 Å². The smallest absolute Gasteiger partial charge is 0.396 e. The summed E-state index contributed by atoms with van der Waals surface area (Å²) in [6, 6.07) is 7.49. The molecule has 1 N–H and O–H groups in total. The van der Waals surface area contributed by atoms with Crippen molar-refractivity contribution in [1.29, 1.82) is 0 Å². The van der Waals surface area contributed by atoms with Crippen molar-refractivity contribution >= 4 is 11.9 Å². The van der Waals surface area contributed by atoms with Crippen LogP contribution < -0.4 is 15.7 Å². The zero-order chi connectivity index (χ0) is 19.4. The monoisotopic (exact) mass is 374 g/mol. The molecule has 0 atom stereocenters. The van der Waals surface area contributed by atoms with E-state index < -0.39 is 11.9 Å². The first-order valence-electron chi connectivity index (χ1n) is 8.83. The van der Waals surface area contributed by atoms with Gasteiger partial charge in [-0.25, -0.2) is 14.3 Å². The maximum absolute atomic E-state index is 12.7. The van der Waals surface area contributed by atoms with E-state index in [1.807, 2.05) is 24.3 Å². The summed E-state index contributed by atoms with van der Waals surface area (Å²) in [7, 11) is 1.59. The van der Waals surface area contributed by atoms with Crippen molar-refractivity contribution in [2.24, 2.45) is 0 Å². The van der Waals surface area contributed by atoms with Gasteiger partial charge in [0.1, 0.15) is 5.75 Å². The number of carbonyl (C=O) groups is 2. The highest BCUT2D eigenvalue weighted by Crippen LogP contribution is 2.36. The Kier molecular flexibility index (Phi) is 5.58. The minimum Gasteiger partial charge on any atom is -0.497 e. The molecule has 27 heavy (non-hydrogen) atoms. The molecular formula is C18H22N4O5. The maximum Gasteiger partial charge on any atom is 0.396 e. The highest BCUT2D eigenvalue weighted by Gasteiger charge is 2.30. The Bertz CT molecular complexity index is 880. The number of ether oxygens (including phenoxy) is 2. The lowest BCUT2D eigenvalue weighted by Crippen LogP contribution is -2.36. The van der Waals surface area contributed by atoms with Crippen LogP contribution in [0.25, 0.3) is 11.4 Å². The van der Waals surface area contributed by atoms with Gasteiger partial charge in [0.25, 0.3) is 0 Å². The van der Waals surface area contributed by atoms with Gasteiger partial charge < -0.3 is 14.8 Å². The maximum atomic E-state index is 12.7. The Morgan fingerprint density at radius 2 is 1.96 bits per heavy atom. The highest BCUT2D eigenvalue weighted by molar-refractivity contribution is 6.32. The molecule has 1 aromatic heterocycles. The van der Waals surface area contributed by atoms with Gasteiger partial charge in [-0.2, -0.15) is 0 Å². The molecule has 1 aromatic carbocycles. The Balaban J connectivity index is 1.76. The second-order valence-corrected chi connectivity index (χ2v) is 6.14. The summed E-state index contributed by atoms with van der Waals surface area (Å²) < 4.78 is 12.8. The van der Waals surface area contributed by atoms with E-state index in [9.17, 15) is 14.4 Å². The van der Waals surface area contributed by atoms with Crippen LogP contribution in [0.5, 0.6) is 5.75 Å². The molecule has 0 unspecified atom stereocenters. The standard InChI is InChI=1S/C18H22N4O5/c1-3-27-17(24)16(23)19-10-11-21-18(25)22(13-6-7-13)15(20-21)12-4-8-14(26-2)9-5-12/h4-5,8-9,13H,3,6-7,10-11H2,1-2H3,(H,19,23). The van der Waals surface area contributed by atoms with Gasteiger partial charge in [0, 0.05) is 18.2 Å². The summed E-state index contributed by atoms with van der Waals surface area (Å²) in [5.74, 6) is -0.462. The fourth-order valence-corrected chi connectivity index (χ4v) is 2.71. The molecule has 0 saturated heterocycles. The highest BCUT2D eigenvalue weighted by atomic mass is 16.5. The first kappa shape index (κ1) is 18.7. The van der Waals surface area contributed by atoms with E-state index in [1.54, 1.807) is 18.6 Å². The molecule has 144 valence electrons. The number of carbonyl (C=O) groups excluding carboxylic acids is 2. The van der Waals surface area contributed by atoms with Gasteiger partial charge in [-0.3, -0.25) is 9.36 Å². The average molecular weight is 374 g/mol. The Hall–Kier alpha value is -3.10. The number of hydrogen-bond acceptors (Lipinski definition) is 6. The number of hydrogen-bond donors (Lipinski definition) is 1. The molecule has 3 rings (SSSR count). The lowest BCUT2D eigenvalue weighted by atomic mass is 10.2. The summed E-state index contributed by atoms with van der Waals surface area (Å²) in [4.78, 5) is 35.6. The van der Waals surface area contributed by atoms with Crippen molar-refractivity contribution in [1.82, 2.24) is 19.7 Å². The van der Waals surface area contributed by atoms with Crippen molar-refractivity contribution in [3.05, 3.63) is 34.7 Å². The van der Waals surface area contributed by atoms with Crippen LogP contribution in [0.15, 0.2) is 29.1 Å². The predicted octanol–water partition coefficient (Wildman–Crippen LogP) is 0.735. The van der Waals surface area contributed by atoms with E-state index in [4.69, 9.17) is 4.74 Å². The molecule has 9 nitrogen and oxygen atoms in total. The molecule has 1 amide bonds. The molecule has 1 heterocycles. The fourth-order valence-electron chi connectivity index (χ4n) is 2.71. The summed E-state index contributed by atoms with van der Waals surface area (Å²) in [6.45, 7) is 2.01. The van der Waals surface area contributed by atoms with Crippen molar-refractivity contribution in [2.75, 3.05) is 20.3 Å². The molecular weight excluding hydrogens is 352 g/mol. The van der Waals surface area contributed by atoms with Crippen molar-refractivity contribution in [3.63, 3.8) is 0 Å². The molecule has 0 radical (unpaired) electrons. The molecule has 0 aliphatic heterocycles. The van der Waals surface area contributed by atoms with Crippen LogP contribution in [0.4, 0.5) is 0 Å². The SMILES string of the molecule is CCOC(=O)C(=O)NCCn1nc(-c2ccc(OC)cc2)n(C2CC2)c1=O. The van der Waals surface area contributed by atoms with Gasteiger partial charge in [-0.15, -0.1) is 5.10 Å². The normalized spacial score (nSPS) is 13.3. The molecule has 0 spiro atoms. The number of amides is 1. The van der Waals surface area contributed by atoms with E-state index in [0.717, 1.165) is 24.2 Å². The lowest BCUT2D eigenvalue weighted by molar-refractivity contribution is -0.154. The Morgan fingerprint density at radius 1 is 1.26 bits per heavy atom. The summed E-state index contributed by atoms with van der Waals surface area (Å²) >= 11 is 0. The third kappa shape index (κ3) is 4.18. The predicted molar refractivity (Wildman–Crippen MR) is 96.4 cm³/mol. The van der Waals surface area contributed by atoms with Crippen LogP contribution in [0.1, 0.15) is 25.8 Å². The minimum atomic E-state index is -0.938. The van der Waals surface area contributed by atoms with Gasteiger partial charge in [-0.1, -0.05) is 0 Å². The largest absolute Gasteiger partial charge is 0.497 e. The van der Waals surface area contributed by atoms with Gasteiger partial charge in [0.05, 0.1) is 20.3 Å². The van der Waals surface area contributed by atoms with Crippen LogP contribution in [0, 0.1) is 0 Å². The fraction of sp³-hybridized carbons (Fsp3) is 0.444. The summed E-state index contributed by atoms with van der Waals surface area (Å²) in [6.07, 6.45) is 1.88. The minimum absolute atomic E-state index is 0.0985. The van der Waals surface area contributed by atoms with Gasteiger partial charge in [-0.05, 0) is 44.0 Å². The van der Waals surface area contributed by atoms with Crippen LogP contribution in [-0.2, 0) is 20.9 Å². The second kappa shape index (κ2) is 8.07. The number of benzene rings is 1. The second-order valence-electron chi connectivity index (χ2n) is 6.14. The third-order valence-electron chi connectivity index (χ3n) is 4.20. The summed E-state index contributed by atoms with van der Waals surface area (Å²) in [5.41, 5.74) is 0.586. The molecule has 9 heteroatoms. The van der Waals surface area contributed by atoms with E-state index in [-0.39, 0.29) is 31.4 Å². The average Bonchev–Trinajstić information content (AvgIpc) is 3.46. The van der Waals surface area contributed by atoms with Crippen LogP contribution in [-0.4, -0.2) is 46.5 Å².